The fourth-order valence-electron chi connectivity index (χ4n) is 4.91. The van der Waals surface area contributed by atoms with E-state index in [-0.39, 0.29) is 11.3 Å². The van der Waals surface area contributed by atoms with E-state index in [1.165, 1.54) is 5.56 Å². The van der Waals surface area contributed by atoms with Crippen molar-refractivity contribution in [2.24, 2.45) is 0 Å². The smallest absolute Gasteiger partial charge is 0.255 e. The third-order valence-electron chi connectivity index (χ3n) is 6.72. The number of rotatable bonds is 2. The number of hydrogen-bond donors (Lipinski definition) is 0. The number of hydrogen-bond acceptors (Lipinski definition) is 4. The molecule has 1 saturated heterocycles. The second-order valence-corrected chi connectivity index (χ2v) is 8.67. The zero-order valence-corrected chi connectivity index (χ0v) is 17.6. The van der Waals surface area contributed by atoms with E-state index in [1.807, 2.05) is 61.3 Å². The van der Waals surface area contributed by atoms with Gasteiger partial charge in [-0.25, -0.2) is 9.97 Å². The zero-order valence-electron chi connectivity index (χ0n) is 17.6. The average Bonchev–Trinajstić information content (AvgIpc) is 3.13. The van der Waals surface area contributed by atoms with E-state index in [1.54, 1.807) is 6.20 Å². The molecule has 1 fully saturated rings. The van der Waals surface area contributed by atoms with Gasteiger partial charge < -0.3 is 4.90 Å². The molecule has 1 aliphatic heterocycles. The molecule has 1 aliphatic carbocycles. The minimum Gasteiger partial charge on any atom is -0.338 e. The van der Waals surface area contributed by atoms with Gasteiger partial charge in [-0.2, -0.15) is 0 Å². The van der Waals surface area contributed by atoms with E-state index >= 15 is 0 Å². The normalized spacial score (nSPS) is 20.4. The van der Waals surface area contributed by atoms with Crippen LogP contribution in [0.1, 0.15) is 52.1 Å². The lowest BCUT2D eigenvalue weighted by atomic mass is 9.77. The van der Waals surface area contributed by atoms with Gasteiger partial charge in [-0.1, -0.05) is 30.3 Å². The fraction of sp³-hybridized carbons (Fsp3) is 0.360. The van der Waals surface area contributed by atoms with E-state index in [0.717, 1.165) is 67.1 Å². The van der Waals surface area contributed by atoms with Crippen LogP contribution < -0.4 is 0 Å². The number of carbonyl (C=O) groups is 1. The summed E-state index contributed by atoms with van der Waals surface area (Å²) in [6, 6.07) is 12.1. The number of aromatic nitrogens is 3. The molecule has 0 saturated carbocycles. The zero-order chi connectivity index (χ0) is 20.7. The molecule has 2 aliphatic rings. The number of piperidine rings is 1. The van der Waals surface area contributed by atoms with Crippen LogP contribution in [-0.2, 0) is 11.8 Å². The van der Waals surface area contributed by atoms with Crippen molar-refractivity contribution in [2.75, 3.05) is 13.1 Å². The summed E-state index contributed by atoms with van der Waals surface area (Å²) in [5.41, 5.74) is 6.05. The SMILES string of the molecule is Cc1cc(C(=O)N2CCCC3(CCc4cnc(-c5ccccc5)nc43)C2)cnc1C. The molecule has 2 aromatic heterocycles. The Morgan fingerprint density at radius 2 is 1.90 bits per heavy atom. The van der Waals surface area contributed by atoms with Crippen LogP contribution in [0.4, 0.5) is 0 Å². The third kappa shape index (κ3) is 3.18. The first-order valence-corrected chi connectivity index (χ1v) is 10.7. The van der Waals surface area contributed by atoms with Crippen LogP contribution in [-0.4, -0.2) is 38.8 Å². The van der Waals surface area contributed by atoms with Crippen molar-refractivity contribution < 1.29 is 4.79 Å². The summed E-state index contributed by atoms with van der Waals surface area (Å²) in [7, 11) is 0. The number of carbonyl (C=O) groups excluding carboxylic acids is 1. The number of benzene rings is 1. The van der Waals surface area contributed by atoms with Crippen molar-refractivity contribution in [1.82, 2.24) is 19.9 Å². The van der Waals surface area contributed by atoms with Gasteiger partial charge in [0.15, 0.2) is 5.82 Å². The van der Waals surface area contributed by atoms with Crippen LogP contribution in [0.25, 0.3) is 11.4 Å². The van der Waals surface area contributed by atoms with Crippen molar-refractivity contribution >= 4 is 5.91 Å². The summed E-state index contributed by atoms with van der Waals surface area (Å²) in [4.78, 5) is 29.3. The van der Waals surface area contributed by atoms with Gasteiger partial charge in [0.2, 0.25) is 0 Å². The Bertz CT molecular complexity index is 1110. The molecule has 1 spiro atoms. The van der Waals surface area contributed by atoms with Gasteiger partial charge >= 0.3 is 0 Å². The number of pyridine rings is 1. The highest BCUT2D eigenvalue weighted by Gasteiger charge is 2.45. The molecule has 1 atom stereocenters. The molecule has 30 heavy (non-hydrogen) atoms. The van der Waals surface area contributed by atoms with Gasteiger partial charge in [-0.15, -0.1) is 0 Å². The predicted octanol–water partition coefficient (Wildman–Crippen LogP) is 4.28. The van der Waals surface area contributed by atoms with E-state index < -0.39 is 0 Å². The minimum absolute atomic E-state index is 0.0666. The highest BCUT2D eigenvalue weighted by molar-refractivity contribution is 5.94. The van der Waals surface area contributed by atoms with Crippen molar-refractivity contribution in [3.05, 3.63) is 76.9 Å². The average molecular weight is 399 g/mol. The molecule has 3 heterocycles. The number of fused-ring (bicyclic) bond motifs is 2. The van der Waals surface area contributed by atoms with Gasteiger partial charge in [0.25, 0.3) is 5.91 Å². The molecule has 152 valence electrons. The maximum absolute atomic E-state index is 13.3. The summed E-state index contributed by atoms with van der Waals surface area (Å²) in [5, 5.41) is 0. The first-order valence-electron chi connectivity index (χ1n) is 10.7. The summed E-state index contributed by atoms with van der Waals surface area (Å²) >= 11 is 0. The second-order valence-electron chi connectivity index (χ2n) is 8.67. The van der Waals surface area contributed by atoms with Crippen LogP contribution >= 0.6 is 0 Å². The second kappa shape index (κ2) is 7.31. The maximum Gasteiger partial charge on any atom is 0.255 e. The number of amides is 1. The van der Waals surface area contributed by atoms with Gasteiger partial charge in [0.05, 0.1) is 11.3 Å². The molecule has 1 amide bonds. The molecule has 3 aromatic rings. The van der Waals surface area contributed by atoms with Gasteiger partial charge in [0, 0.05) is 42.2 Å². The van der Waals surface area contributed by atoms with Gasteiger partial charge in [0.1, 0.15) is 0 Å². The van der Waals surface area contributed by atoms with Crippen molar-refractivity contribution in [2.45, 2.75) is 44.9 Å². The van der Waals surface area contributed by atoms with Gasteiger partial charge in [-0.3, -0.25) is 9.78 Å². The van der Waals surface area contributed by atoms with E-state index in [0.29, 0.717) is 5.56 Å². The maximum atomic E-state index is 13.3. The molecular formula is C25H26N4O. The molecule has 0 bridgehead atoms. The molecule has 5 rings (SSSR count). The molecule has 0 N–H and O–H groups in total. The monoisotopic (exact) mass is 398 g/mol. The molecule has 5 nitrogen and oxygen atoms in total. The Balaban J connectivity index is 1.46. The topological polar surface area (TPSA) is 59.0 Å². The standard InChI is InChI=1S/C25H26N4O/c1-17-13-21(15-26-18(17)2)24(30)29-12-6-10-25(16-29)11-9-20-14-27-23(28-22(20)25)19-7-4-3-5-8-19/h3-5,7-8,13-15H,6,9-12,16H2,1-2H3. The van der Waals surface area contributed by atoms with Crippen molar-refractivity contribution in [3.8, 4) is 11.4 Å². The van der Waals surface area contributed by atoms with Crippen molar-refractivity contribution in [1.29, 1.82) is 0 Å². The Labute approximate surface area is 177 Å². The Kier molecular flexibility index (Phi) is 4.61. The van der Waals surface area contributed by atoms with E-state index in [2.05, 4.69) is 9.97 Å². The number of likely N-dealkylation sites (tertiary alicyclic amines) is 1. The molecule has 5 heteroatoms. The van der Waals surface area contributed by atoms with Crippen LogP contribution in [0.5, 0.6) is 0 Å². The number of aryl methyl sites for hydroxylation is 3. The highest BCUT2D eigenvalue weighted by Crippen LogP contribution is 2.44. The third-order valence-corrected chi connectivity index (χ3v) is 6.72. The van der Waals surface area contributed by atoms with E-state index in [4.69, 9.17) is 4.98 Å². The first-order chi connectivity index (χ1) is 14.6. The molecule has 1 unspecified atom stereocenters. The Hall–Kier alpha value is -3.08. The van der Waals surface area contributed by atoms with Crippen LogP contribution in [0.3, 0.4) is 0 Å². The van der Waals surface area contributed by atoms with E-state index in [9.17, 15) is 4.79 Å². The molecular weight excluding hydrogens is 372 g/mol. The quantitative estimate of drug-likeness (QED) is 0.647. The summed E-state index contributed by atoms with van der Waals surface area (Å²) in [6.07, 6.45) is 7.79. The number of nitrogens with zero attached hydrogens (tertiary/aromatic N) is 4. The minimum atomic E-state index is -0.0666. The van der Waals surface area contributed by atoms with Crippen LogP contribution in [0.15, 0.2) is 48.8 Å². The predicted molar refractivity (Wildman–Crippen MR) is 116 cm³/mol. The van der Waals surface area contributed by atoms with Crippen LogP contribution in [0, 0.1) is 13.8 Å². The highest BCUT2D eigenvalue weighted by atomic mass is 16.2. The van der Waals surface area contributed by atoms with Crippen LogP contribution in [0.2, 0.25) is 0 Å². The summed E-state index contributed by atoms with van der Waals surface area (Å²) in [6.45, 7) is 5.49. The lowest BCUT2D eigenvalue weighted by molar-refractivity contribution is 0.0633. The summed E-state index contributed by atoms with van der Waals surface area (Å²) in [5.74, 6) is 0.855. The summed E-state index contributed by atoms with van der Waals surface area (Å²) < 4.78 is 0. The van der Waals surface area contributed by atoms with Gasteiger partial charge in [-0.05, 0) is 56.7 Å². The lowest BCUT2D eigenvalue weighted by Gasteiger charge is -2.40. The Morgan fingerprint density at radius 3 is 2.70 bits per heavy atom. The lowest BCUT2D eigenvalue weighted by Crippen LogP contribution is -2.48. The molecule has 1 aromatic carbocycles. The first kappa shape index (κ1) is 18.9. The Morgan fingerprint density at radius 1 is 1.07 bits per heavy atom. The fourth-order valence-corrected chi connectivity index (χ4v) is 4.91. The largest absolute Gasteiger partial charge is 0.338 e. The molecule has 0 radical (unpaired) electrons. The van der Waals surface area contributed by atoms with Crippen molar-refractivity contribution in [3.63, 3.8) is 0 Å².